The lowest BCUT2D eigenvalue weighted by Gasteiger charge is -2.34. The number of pyridine rings is 1. The van der Waals surface area contributed by atoms with Crippen LogP contribution in [0.3, 0.4) is 0 Å². The van der Waals surface area contributed by atoms with Crippen LogP contribution in [0.25, 0.3) is 0 Å². The molecule has 0 spiro atoms. The molecule has 5 heteroatoms. The first-order chi connectivity index (χ1) is 10.2. The molecule has 1 N–H and O–H groups in total. The molecule has 4 nitrogen and oxygen atoms in total. The van der Waals surface area contributed by atoms with Crippen molar-refractivity contribution in [1.29, 1.82) is 0 Å². The molecule has 1 aliphatic heterocycles. The van der Waals surface area contributed by atoms with Crippen molar-refractivity contribution in [3.05, 3.63) is 40.5 Å². The monoisotopic (exact) mass is 302 g/mol. The highest BCUT2D eigenvalue weighted by Crippen LogP contribution is 2.21. The molecule has 112 valence electrons. The van der Waals surface area contributed by atoms with Gasteiger partial charge in [-0.15, -0.1) is 11.3 Å². The number of piperidine rings is 1. The molecule has 2 aromatic rings. The summed E-state index contributed by atoms with van der Waals surface area (Å²) >= 11 is 1.72. The van der Waals surface area contributed by atoms with E-state index < -0.39 is 0 Å². The van der Waals surface area contributed by atoms with Gasteiger partial charge in [0.1, 0.15) is 5.82 Å². The Kier molecular flexibility index (Phi) is 4.51. The normalized spacial score (nSPS) is 17.9. The molecule has 0 bridgehead atoms. The summed E-state index contributed by atoms with van der Waals surface area (Å²) in [5.74, 6) is 1.10. The topological polar surface area (TPSA) is 41.1 Å². The fourth-order valence-corrected chi connectivity index (χ4v) is 3.54. The van der Waals surface area contributed by atoms with Gasteiger partial charge in [0.2, 0.25) is 0 Å². The first-order valence-electron chi connectivity index (χ1n) is 7.56. The van der Waals surface area contributed by atoms with Gasteiger partial charge in [-0.25, -0.2) is 9.97 Å². The van der Waals surface area contributed by atoms with Crippen molar-refractivity contribution in [2.75, 3.05) is 18.0 Å². The number of nitrogens with one attached hydrogen (secondary N) is 1. The summed E-state index contributed by atoms with van der Waals surface area (Å²) in [7, 11) is 0. The first-order valence-corrected chi connectivity index (χ1v) is 8.44. The van der Waals surface area contributed by atoms with Crippen LogP contribution in [-0.2, 0) is 0 Å². The first kappa shape index (κ1) is 14.5. The maximum absolute atomic E-state index is 4.57. The van der Waals surface area contributed by atoms with Crippen LogP contribution >= 0.6 is 11.3 Å². The zero-order chi connectivity index (χ0) is 14.7. The molecule has 21 heavy (non-hydrogen) atoms. The maximum Gasteiger partial charge on any atom is 0.128 e. The Morgan fingerprint density at radius 2 is 2.14 bits per heavy atom. The van der Waals surface area contributed by atoms with E-state index in [4.69, 9.17) is 0 Å². The number of aromatic nitrogens is 2. The van der Waals surface area contributed by atoms with Gasteiger partial charge < -0.3 is 10.2 Å². The zero-order valence-corrected chi connectivity index (χ0v) is 13.4. The molecule has 0 aromatic carbocycles. The average molecular weight is 302 g/mol. The summed E-state index contributed by atoms with van der Waals surface area (Å²) in [6, 6.07) is 7.02. The van der Waals surface area contributed by atoms with Crippen molar-refractivity contribution in [2.24, 2.45) is 0 Å². The fraction of sp³-hybridized carbons (Fsp3) is 0.500. The highest BCUT2D eigenvalue weighted by molar-refractivity contribution is 7.09. The van der Waals surface area contributed by atoms with E-state index in [9.17, 15) is 0 Å². The molecule has 1 fully saturated rings. The number of thiazole rings is 1. The molecular weight excluding hydrogens is 280 g/mol. The third-order valence-corrected chi connectivity index (χ3v) is 4.83. The zero-order valence-electron chi connectivity index (χ0n) is 12.6. The Morgan fingerprint density at radius 1 is 1.33 bits per heavy atom. The number of rotatable bonds is 4. The van der Waals surface area contributed by atoms with Gasteiger partial charge in [-0.05, 0) is 38.8 Å². The van der Waals surface area contributed by atoms with Crippen LogP contribution in [0.5, 0.6) is 0 Å². The van der Waals surface area contributed by atoms with Crippen LogP contribution in [0, 0.1) is 6.92 Å². The molecule has 0 unspecified atom stereocenters. The number of hydrogen-bond donors (Lipinski definition) is 1. The van der Waals surface area contributed by atoms with Crippen LogP contribution in [0.2, 0.25) is 0 Å². The van der Waals surface area contributed by atoms with Crippen molar-refractivity contribution in [3.63, 3.8) is 0 Å². The van der Waals surface area contributed by atoms with Crippen LogP contribution in [0.15, 0.2) is 29.8 Å². The smallest absolute Gasteiger partial charge is 0.128 e. The Hall–Kier alpha value is -1.46. The van der Waals surface area contributed by atoms with E-state index in [1.54, 1.807) is 11.3 Å². The average Bonchev–Trinajstić information content (AvgIpc) is 2.96. The van der Waals surface area contributed by atoms with E-state index in [1.807, 2.05) is 12.3 Å². The van der Waals surface area contributed by atoms with E-state index in [2.05, 4.69) is 51.5 Å². The highest BCUT2D eigenvalue weighted by atomic mass is 32.1. The molecule has 3 heterocycles. The summed E-state index contributed by atoms with van der Waals surface area (Å²) < 4.78 is 0. The van der Waals surface area contributed by atoms with Gasteiger partial charge in [0.15, 0.2) is 0 Å². The predicted octanol–water partition coefficient (Wildman–Crippen LogP) is 3.17. The lowest BCUT2D eigenvalue weighted by molar-refractivity contribution is 0.377. The van der Waals surface area contributed by atoms with Crippen molar-refractivity contribution in [2.45, 2.75) is 38.8 Å². The quantitative estimate of drug-likeness (QED) is 0.942. The minimum Gasteiger partial charge on any atom is -0.357 e. The standard InChI is InChI=1S/C16H22N4S/c1-12(15-11-21-13(2)19-15)18-14-6-9-20(10-7-14)16-5-3-4-8-17-16/h3-5,8,11-12,14,18H,6-7,9-10H2,1-2H3/t12-/m1/s1. The lowest BCUT2D eigenvalue weighted by atomic mass is 10.0. The molecule has 2 aromatic heterocycles. The minimum absolute atomic E-state index is 0.335. The molecular formula is C16H22N4S. The number of aryl methyl sites for hydroxylation is 1. The third-order valence-electron chi connectivity index (χ3n) is 4.03. The van der Waals surface area contributed by atoms with Crippen molar-refractivity contribution in [3.8, 4) is 0 Å². The third kappa shape index (κ3) is 3.60. The highest BCUT2D eigenvalue weighted by Gasteiger charge is 2.22. The fourth-order valence-electron chi connectivity index (χ4n) is 2.83. The van der Waals surface area contributed by atoms with Gasteiger partial charge in [-0.3, -0.25) is 0 Å². The summed E-state index contributed by atoms with van der Waals surface area (Å²) in [5.41, 5.74) is 1.17. The van der Waals surface area contributed by atoms with Gasteiger partial charge in [0, 0.05) is 36.8 Å². The van der Waals surface area contributed by atoms with E-state index in [1.165, 1.54) is 5.69 Å². The number of hydrogen-bond acceptors (Lipinski definition) is 5. The second kappa shape index (κ2) is 6.54. The maximum atomic E-state index is 4.57. The molecule has 0 aliphatic carbocycles. The largest absolute Gasteiger partial charge is 0.357 e. The molecule has 0 radical (unpaired) electrons. The molecule has 1 atom stereocenters. The van der Waals surface area contributed by atoms with Gasteiger partial charge >= 0.3 is 0 Å². The number of nitrogens with zero attached hydrogens (tertiary/aromatic N) is 3. The number of anilines is 1. The Morgan fingerprint density at radius 3 is 2.76 bits per heavy atom. The predicted molar refractivity (Wildman–Crippen MR) is 87.9 cm³/mol. The van der Waals surface area contributed by atoms with Crippen LogP contribution in [0.4, 0.5) is 5.82 Å². The molecule has 0 amide bonds. The van der Waals surface area contributed by atoms with Crippen LogP contribution in [-0.4, -0.2) is 29.1 Å². The molecule has 0 saturated carbocycles. The van der Waals surface area contributed by atoms with Gasteiger partial charge in [0.25, 0.3) is 0 Å². The SMILES string of the molecule is Cc1nc([C@@H](C)NC2CCN(c3ccccn3)CC2)cs1. The van der Waals surface area contributed by atoms with Crippen LogP contribution < -0.4 is 10.2 Å². The van der Waals surface area contributed by atoms with Crippen LogP contribution in [0.1, 0.15) is 36.5 Å². The Balaban J connectivity index is 1.52. The van der Waals surface area contributed by atoms with E-state index in [-0.39, 0.29) is 0 Å². The van der Waals surface area contributed by atoms with E-state index in [0.717, 1.165) is 36.8 Å². The summed E-state index contributed by atoms with van der Waals surface area (Å²) in [6.45, 7) is 6.40. The van der Waals surface area contributed by atoms with E-state index in [0.29, 0.717) is 12.1 Å². The van der Waals surface area contributed by atoms with Crippen molar-refractivity contribution in [1.82, 2.24) is 15.3 Å². The summed E-state index contributed by atoms with van der Waals surface area (Å²) in [5, 5.41) is 7.02. The Bertz CT molecular complexity index is 561. The van der Waals surface area contributed by atoms with Gasteiger partial charge in [0.05, 0.1) is 10.7 Å². The van der Waals surface area contributed by atoms with Crippen molar-refractivity contribution < 1.29 is 0 Å². The molecule has 3 rings (SSSR count). The van der Waals surface area contributed by atoms with E-state index >= 15 is 0 Å². The lowest BCUT2D eigenvalue weighted by Crippen LogP contribution is -2.43. The summed E-state index contributed by atoms with van der Waals surface area (Å²) in [6.07, 6.45) is 4.18. The molecule has 1 aliphatic rings. The second-order valence-electron chi connectivity index (χ2n) is 5.63. The second-order valence-corrected chi connectivity index (χ2v) is 6.69. The Labute approximate surface area is 130 Å². The van der Waals surface area contributed by atoms with Gasteiger partial charge in [-0.1, -0.05) is 6.07 Å². The summed E-state index contributed by atoms with van der Waals surface area (Å²) in [4.78, 5) is 11.4. The van der Waals surface area contributed by atoms with Crippen molar-refractivity contribution >= 4 is 17.2 Å². The minimum atomic E-state index is 0.335. The molecule has 1 saturated heterocycles. The van der Waals surface area contributed by atoms with Gasteiger partial charge in [-0.2, -0.15) is 0 Å².